The topological polar surface area (TPSA) is 190 Å². The maximum Gasteiger partial charge on any atom is 0.408 e. The van der Waals surface area contributed by atoms with Crippen molar-refractivity contribution in [1.29, 1.82) is 0 Å². The van der Waals surface area contributed by atoms with Crippen molar-refractivity contribution >= 4 is 88.1 Å². The number of carbonyl (C=O) groups excluding carboxylic acids is 5. The van der Waals surface area contributed by atoms with Gasteiger partial charge in [0.05, 0.1) is 25.8 Å². The zero-order chi connectivity index (χ0) is 66.9. The van der Waals surface area contributed by atoms with Gasteiger partial charge in [0.25, 0.3) is 0 Å². The summed E-state index contributed by atoms with van der Waals surface area (Å²) in [6.45, 7) is 22.4. The molecule has 4 atom stereocenters. The Bertz CT molecular complexity index is 2930. The number of benzene rings is 4. The first kappa shape index (κ1) is 76.9. The number of anilines is 2. The molecular weight excluding hydrogens is 1240 g/mol. The fraction of sp³-hybridized carbons (Fsp3) is 0.554. The average Bonchev–Trinajstić information content (AvgIpc) is 1.38. The van der Waals surface area contributed by atoms with Crippen molar-refractivity contribution in [3.05, 3.63) is 127 Å². The first-order valence-corrected chi connectivity index (χ1v) is 31.7. The predicted octanol–water partition coefficient (Wildman–Crippen LogP) is 9.76. The number of alkyl carbamates (subject to hydrolysis) is 2. The van der Waals surface area contributed by atoms with Crippen LogP contribution in [0.15, 0.2) is 72.8 Å². The second-order valence-electron chi connectivity index (χ2n) is 24.3. The van der Waals surface area contributed by atoms with Gasteiger partial charge in [-0.1, -0.05) is 58.5 Å². The van der Waals surface area contributed by atoms with Gasteiger partial charge in [0, 0.05) is 143 Å². The van der Waals surface area contributed by atoms with E-state index in [2.05, 4.69) is 54.7 Å². The summed E-state index contributed by atoms with van der Waals surface area (Å²) >= 11 is 25.0. The molecule has 2 saturated heterocycles. The lowest BCUT2D eigenvalue weighted by Gasteiger charge is -2.39. The highest BCUT2D eigenvalue weighted by Crippen LogP contribution is 2.29. The van der Waals surface area contributed by atoms with Gasteiger partial charge in [-0.2, -0.15) is 0 Å². The molecule has 0 aromatic heterocycles. The Morgan fingerprint density at radius 2 is 1.00 bits per heavy atom. The monoisotopic (exact) mass is 1340 g/mol. The van der Waals surface area contributed by atoms with Crippen molar-refractivity contribution in [3.8, 4) is 0 Å². The number of nitrogens with one attached hydrogen (secondary N) is 4. The molecule has 500 valence electrons. The van der Waals surface area contributed by atoms with Gasteiger partial charge in [-0.05, 0) is 166 Å². The highest BCUT2D eigenvalue weighted by molar-refractivity contribution is 6.35. The van der Waals surface area contributed by atoms with Gasteiger partial charge in [0.1, 0.15) is 35.2 Å². The van der Waals surface area contributed by atoms with E-state index >= 15 is 0 Å². The van der Waals surface area contributed by atoms with E-state index in [-0.39, 0.29) is 48.5 Å². The Morgan fingerprint density at radius 1 is 0.589 bits per heavy atom. The normalized spacial score (nSPS) is 15.0. The van der Waals surface area contributed by atoms with Gasteiger partial charge >= 0.3 is 12.2 Å². The quantitative estimate of drug-likeness (QED) is 0.0362. The third-order valence-corrected chi connectivity index (χ3v) is 15.9. The van der Waals surface area contributed by atoms with E-state index in [4.69, 9.17) is 65.4 Å². The molecule has 2 aliphatic rings. The van der Waals surface area contributed by atoms with Crippen LogP contribution >= 0.6 is 46.4 Å². The van der Waals surface area contributed by atoms with Crippen LogP contribution in [0, 0.1) is 11.6 Å². The summed E-state index contributed by atoms with van der Waals surface area (Å²) in [6, 6.07) is 18.9. The van der Waals surface area contributed by atoms with Crippen LogP contribution in [0.3, 0.4) is 0 Å². The molecule has 0 bridgehead atoms. The van der Waals surface area contributed by atoms with Gasteiger partial charge in [-0.3, -0.25) is 19.4 Å². The Morgan fingerprint density at radius 3 is 1.38 bits per heavy atom. The Balaban J connectivity index is 0.000000358. The van der Waals surface area contributed by atoms with Crippen LogP contribution < -0.4 is 31.1 Å². The molecule has 19 nitrogen and oxygen atoms in total. The van der Waals surface area contributed by atoms with E-state index in [0.717, 1.165) is 34.4 Å². The van der Waals surface area contributed by atoms with E-state index in [1.807, 2.05) is 31.1 Å². The summed E-state index contributed by atoms with van der Waals surface area (Å²) in [6.07, 6.45) is 0.166. The molecule has 4 amide bonds. The minimum absolute atomic E-state index is 0.0552. The van der Waals surface area contributed by atoms with E-state index in [9.17, 15) is 32.8 Å². The second kappa shape index (κ2) is 37.8. The number of methoxy groups -OCH3 is 2. The van der Waals surface area contributed by atoms with Crippen LogP contribution in [-0.4, -0.2) is 206 Å². The molecule has 2 fully saturated rings. The van der Waals surface area contributed by atoms with Gasteiger partial charge in [-0.15, -0.1) is 0 Å². The molecule has 2 aliphatic heterocycles. The Kier molecular flexibility index (Phi) is 32.3. The SMILES string of the molecule is CNCC=O.COC[C@@H](C)N(C)Cc1cc(F)ccc1N1CCN(C(=O)[C@@H](Cc2ccc(Cl)cc2Cl)NC(=O)OC(C)(C)C)CC1.COC[C@@H](C)N(C)Cc1cc(F)ccc1N1CCN(C(=O)[C@@H](Cc2ccc(Cl)cc2Cl)NCCNC(=O)OC(C)(C)C)CC1. The van der Waals surface area contributed by atoms with Crippen molar-refractivity contribution in [2.24, 2.45) is 0 Å². The van der Waals surface area contributed by atoms with Crippen LogP contribution in [0.5, 0.6) is 0 Å². The number of carbonyl (C=O) groups is 5. The number of piperazine rings is 2. The van der Waals surface area contributed by atoms with Crippen LogP contribution in [0.25, 0.3) is 0 Å². The van der Waals surface area contributed by atoms with E-state index in [1.165, 1.54) is 12.1 Å². The van der Waals surface area contributed by atoms with Crippen molar-refractivity contribution in [2.45, 2.75) is 117 Å². The molecule has 2 heterocycles. The van der Waals surface area contributed by atoms with Gasteiger partial charge in [0.15, 0.2) is 0 Å². The summed E-state index contributed by atoms with van der Waals surface area (Å²) in [4.78, 5) is 73.8. The maximum absolute atomic E-state index is 14.3. The summed E-state index contributed by atoms with van der Waals surface area (Å²) < 4.78 is 49.8. The molecule has 90 heavy (non-hydrogen) atoms. The molecule has 0 saturated carbocycles. The minimum atomic E-state index is -0.882. The van der Waals surface area contributed by atoms with Crippen molar-refractivity contribution in [2.75, 3.05) is 130 Å². The van der Waals surface area contributed by atoms with E-state index < -0.39 is 35.5 Å². The molecule has 6 rings (SSSR count). The van der Waals surface area contributed by atoms with Crippen molar-refractivity contribution < 1.29 is 51.7 Å². The number of rotatable bonds is 25. The lowest BCUT2D eigenvalue weighted by Crippen LogP contribution is -2.56. The number of aldehydes is 1. The third kappa shape index (κ3) is 26.6. The first-order valence-electron chi connectivity index (χ1n) is 30.1. The molecule has 4 aromatic carbocycles. The Hall–Kier alpha value is -5.59. The maximum atomic E-state index is 14.3. The number of nitrogens with zero attached hydrogens (tertiary/aromatic N) is 6. The van der Waals surface area contributed by atoms with Crippen LogP contribution in [0.1, 0.15) is 77.6 Å². The number of hydrogen-bond acceptors (Lipinski definition) is 15. The van der Waals surface area contributed by atoms with Crippen molar-refractivity contribution in [1.82, 2.24) is 40.9 Å². The molecule has 25 heteroatoms. The van der Waals surface area contributed by atoms with Gasteiger partial charge in [-0.25, -0.2) is 18.4 Å². The average molecular weight is 1340 g/mol. The second-order valence-corrected chi connectivity index (χ2v) is 26.0. The number of likely N-dealkylation sites (N-methyl/N-ethyl adjacent to an activating group) is 3. The summed E-state index contributed by atoms with van der Waals surface area (Å²) in [7, 11) is 9.05. The van der Waals surface area contributed by atoms with Crippen molar-refractivity contribution in [3.63, 3.8) is 0 Å². The van der Waals surface area contributed by atoms with Gasteiger partial charge in [0.2, 0.25) is 11.8 Å². The third-order valence-electron chi connectivity index (χ3n) is 14.7. The van der Waals surface area contributed by atoms with Crippen LogP contribution in [0.4, 0.5) is 29.7 Å². The number of ether oxygens (including phenoxy) is 4. The number of halogens is 6. The summed E-state index contributed by atoms with van der Waals surface area (Å²) in [5.41, 5.74) is 3.83. The highest BCUT2D eigenvalue weighted by atomic mass is 35.5. The van der Waals surface area contributed by atoms with E-state index in [1.54, 1.807) is 116 Å². The Labute approximate surface area is 551 Å². The predicted molar refractivity (Wildman–Crippen MR) is 356 cm³/mol. The molecule has 0 radical (unpaired) electrons. The molecule has 0 unspecified atom stereocenters. The molecule has 4 aromatic rings. The molecule has 0 spiro atoms. The molecule has 0 aliphatic carbocycles. The molecular formula is C65H94Cl4F2N10O9. The fourth-order valence-corrected chi connectivity index (χ4v) is 10.8. The first-order chi connectivity index (χ1) is 42.4. The minimum Gasteiger partial charge on any atom is -0.444 e. The van der Waals surface area contributed by atoms with Crippen LogP contribution in [-0.2, 0) is 59.3 Å². The van der Waals surface area contributed by atoms with E-state index in [0.29, 0.717) is 124 Å². The zero-order valence-corrected chi connectivity index (χ0v) is 57.5. The van der Waals surface area contributed by atoms with Crippen LogP contribution in [0.2, 0.25) is 20.1 Å². The lowest BCUT2D eigenvalue weighted by molar-refractivity contribution is -0.134. The van der Waals surface area contributed by atoms with Gasteiger partial charge < -0.3 is 64.6 Å². The highest BCUT2D eigenvalue weighted by Gasteiger charge is 2.33. The number of hydrogen-bond donors (Lipinski definition) is 4. The zero-order valence-electron chi connectivity index (χ0n) is 54.5. The fourth-order valence-electron chi connectivity index (χ4n) is 9.86. The summed E-state index contributed by atoms with van der Waals surface area (Å²) in [5, 5.41) is 13.3. The largest absolute Gasteiger partial charge is 0.444 e. The summed E-state index contributed by atoms with van der Waals surface area (Å²) in [5.74, 6) is -0.849. The lowest BCUT2D eigenvalue weighted by atomic mass is 10.0. The molecule has 4 N–H and O–H groups in total. The standard InChI is InChI=1S/C32H46Cl2FN5O4.C30H41Cl2FN4O4.C3H7NO/c1-22(21-43-6)38(5)20-24-17-26(35)9-10-29(24)39-13-15-40(16-14-39)30(41)28(18-23-7-8-25(33)19-27(23)34)36-11-12-37-31(42)44-32(2,3)4;1-20(19-40-6)35(5)18-22-15-24(33)9-10-27(22)36-11-13-37(14-12-36)28(38)26(34-29(39)41-30(2,3)4)16-21-7-8-23(31)17-25(21)32;1-4-2-3-5/h7-10,17,19,22,28,36H,11-16,18,20-21H2,1-6H3,(H,37,42);7-10,15,17,20,26H,11-14,16,18-19H2,1-6H3,(H,34,39);3-4H,2H2,1H3/t22-,28-;20-,26-;/m11./s1. The smallest absolute Gasteiger partial charge is 0.408 e. The number of amides is 4.